The smallest absolute Gasteiger partial charge is 0.237 e. The van der Waals surface area contributed by atoms with Crippen molar-refractivity contribution in [2.75, 3.05) is 39.4 Å². The predicted octanol–water partition coefficient (Wildman–Crippen LogP) is 2.60. The Balaban J connectivity index is 1.73. The van der Waals surface area contributed by atoms with Gasteiger partial charge in [0.25, 0.3) is 0 Å². The molecule has 23 heavy (non-hydrogen) atoms. The molecule has 2 aliphatic heterocycles. The molecule has 0 radical (unpaired) electrons. The van der Waals surface area contributed by atoms with Gasteiger partial charge in [-0.1, -0.05) is 25.0 Å². The molecule has 2 heterocycles. The minimum absolute atomic E-state index is 0.00161. The molecule has 5 heteroatoms. The van der Waals surface area contributed by atoms with Crippen molar-refractivity contribution in [3.8, 4) is 0 Å². The second-order valence-electron chi connectivity index (χ2n) is 6.40. The van der Waals surface area contributed by atoms with Gasteiger partial charge < -0.3 is 9.64 Å². The fourth-order valence-electron chi connectivity index (χ4n) is 3.51. The van der Waals surface area contributed by atoms with E-state index in [2.05, 4.69) is 4.90 Å². The Bertz CT molecular complexity index is 532. The molecule has 2 fully saturated rings. The molecule has 3 rings (SSSR count). The van der Waals surface area contributed by atoms with Crippen LogP contribution in [0.15, 0.2) is 24.3 Å². The number of benzene rings is 1. The van der Waals surface area contributed by atoms with E-state index < -0.39 is 0 Å². The molecule has 4 nitrogen and oxygen atoms in total. The lowest BCUT2D eigenvalue weighted by molar-refractivity contribution is -0.135. The lowest BCUT2D eigenvalue weighted by Gasteiger charge is -2.33. The highest BCUT2D eigenvalue weighted by Crippen LogP contribution is 2.30. The highest BCUT2D eigenvalue weighted by atomic mass is 19.1. The summed E-state index contributed by atoms with van der Waals surface area (Å²) in [5.74, 6) is -0.0737. The Morgan fingerprint density at radius 2 is 2.00 bits per heavy atom. The monoisotopic (exact) mass is 320 g/mol. The maximum Gasteiger partial charge on any atom is 0.237 e. The van der Waals surface area contributed by atoms with Gasteiger partial charge in [-0.2, -0.15) is 0 Å². The second kappa shape index (κ2) is 7.88. The van der Waals surface area contributed by atoms with E-state index >= 15 is 0 Å². The average Bonchev–Trinajstić information content (AvgIpc) is 2.82. The van der Waals surface area contributed by atoms with Crippen LogP contribution in [-0.4, -0.2) is 55.1 Å². The standard InChI is InChI=1S/C18H25FN2O2/c19-16-6-4-5-15(13-16)17-7-2-1-3-8-21(17)18(22)14-20-9-11-23-12-10-20/h4-6,13,17H,1-3,7-12,14H2/t17-/m0/s1. The zero-order chi connectivity index (χ0) is 16.1. The molecule has 0 unspecified atom stereocenters. The number of morpholine rings is 1. The molecule has 0 bridgehead atoms. The van der Waals surface area contributed by atoms with Crippen LogP contribution in [-0.2, 0) is 9.53 Å². The molecule has 0 spiro atoms. The zero-order valence-electron chi connectivity index (χ0n) is 13.5. The van der Waals surface area contributed by atoms with Crippen LogP contribution in [0.1, 0.15) is 37.3 Å². The molecule has 126 valence electrons. The lowest BCUT2D eigenvalue weighted by atomic mass is 10.0. The number of amides is 1. The third-order valence-corrected chi connectivity index (χ3v) is 4.77. The van der Waals surface area contributed by atoms with Crippen LogP contribution in [0.5, 0.6) is 0 Å². The average molecular weight is 320 g/mol. The molecule has 0 aliphatic carbocycles. The lowest BCUT2D eigenvalue weighted by Crippen LogP contribution is -2.45. The number of halogens is 1. The number of carbonyl (C=O) groups excluding carboxylic acids is 1. The summed E-state index contributed by atoms with van der Waals surface area (Å²) in [6.07, 6.45) is 4.16. The Morgan fingerprint density at radius 1 is 1.17 bits per heavy atom. The van der Waals surface area contributed by atoms with Crippen LogP contribution in [0.2, 0.25) is 0 Å². The number of hydrogen-bond acceptors (Lipinski definition) is 3. The van der Waals surface area contributed by atoms with E-state index in [-0.39, 0.29) is 17.8 Å². The minimum Gasteiger partial charge on any atom is -0.379 e. The van der Waals surface area contributed by atoms with Gasteiger partial charge in [-0.15, -0.1) is 0 Å². The van der Waals surface area contributed by atoms with E-state index in [4.69, 9.17) is 4.74 Å². The first kappa shape index (κ1) is 16.4. The fraction of sp³-hybridized carbons (Fsp3) is 0.611. The normalized spacial score (nSPS) is 23.5. The van der Waals surface area contributed by atoms with Crippen molar-refractivity contribution in [1.29, 1.82) is 0 Å². The van der Waals surface area contributed by atoms with Crippen molar-refractivity contribution in [1.82, 2.24) is 9.80 Å². The van der Waals surface area contributed by atoms with Gasteiger partial charge in [-0.05, 0) is 30.5 Å². The van der Waals surface area contributed by atoms with Crippen molar-refractivity contribution in [3.63, 3.8) is 0 Å². The summed E-state index contributed by atoms with van der Waals surface area (Å²) in [6, 6.07) is 6.71. The number of likely N-dealkylation sites (tertiary alicyclic amines) is 1. The van der Waals surface area contributed by atoms with Crippen molar-refractivity contribution in [2.45, 2.75) is 31.7 Å². The van der Waals surface area contributed by atoms with E-state index in [9.17, 15) is 9.18 Å². The summed E-state index contributed by atoms with van der Waals surface area (Å²) >= 11 is 0. The van der Waals surface area contributed by atoms with Crippen LogP contribution < -0.4 is 0 Å². The Labute approximate surface area is 137 Å². The highest BCUT2D eigenvalue weighted by molar-refractivity contribution is 5.79. The van der Waals surface area contributed by atoms with E-state index in [1.807, 2.05) is 11.0 Å². The van der Waals surface area contributed by atoms with Crippen LogP contribution in [0.4, 0.5) is 4.39 Å². The van der Waals surface area contributed by atoms with Gasteiger partial charge >= 0.3 is 0 Å². The van der Waals surface area contributed by atoms with Gasteiger partial charge in [0.15, 0.2) is 0 Å². The van der Waals surface area contributed by atoms with Crippen LogP contribution in [0, 0.1) is 5.82 Å². The Hall–Kier alpha value is -1.46. The van der Waals surface area contributed by atoms with Crippen molar-refractivity contribution in [2.24, 2.45) is 0 Å². The zero-order valence-corrected chi connectivity index (χ0v) is 13.5. The predicted molar refractivity (Wildman–Crippen MR) is 86.6 cm³/mol. The maximum absolute atomic E-state index is 13.6. The van der Waals surface area contributed by atoms with Gasteiger partial charge in [0.05, 0.1) is 25.8 Å². The van der Waals surface area contributed by atoms with Gasteiger partial charge in [-0.25, -0.2) is 4.39 Å². The third kappa shape index (κ3) is 4.30. The van der Waals surface area contributed by atoms with E-state index in [0.29, 0.717) is 19.8 Å². The summed E-state index contributed by atoms with van der Waals surface area (Å²) in [4.78, 5) is 17.0. The minimum atomic E-state index is -0.229. The summed E-state index contributed by atoms with van der Waals surface area (Å²) < 4.78 is 18.9. The van der Waals surface area contributed by atoms with Crippen molar-refractivity contribution >= 4 is 5.91 Å². The van der Waals surface area contributed by atoms with Gasteiger partial charge in [0, 0.05) is 19.6 Å². The molecule has 2 saturated heterocycles. The Morgan fingerprint density at radius 3 is 2.78 bits per heavy atom. The number of ether oxygens (including phenoxy) is 1. The highest BCUT2D eigenvalue weighted by Gasteiger charge is 2.28. The molecule has 1 aromatic rings. The molecule has 1 atom stereocenters. The molecular formula is C18H25FN2O2. The van der Waals surface area contributed by atoms with Crippen molar-refractivity contribution < 1.29 is 13.9 Å². The Kier molecular flexibility index (Phi) is 5.62. The fourth-order valence-corrected chi connectivity index (χ4v) is 3.51. The number of nitrogens with zero attached hydrogens (tertiary/aromatic N) is 2. The molecule has 0 aromatic heterocycles. The molecule has 1 amide bonds. The summed E-state index contributed by atoms with van der Waals surface area (Å²) in [6.45, 7) is 4.22. The molecule has 0 N–H and O–H groups in total. The van der Waals surface area contributed by atoms with Gasteiger partial charge in [0.1, 0.15) is 5.82 Å². The summed E-state index contributed by atoms with van der Waals surface area (Å²) in [5.41, 5.74) is 0.919. The van der Waals surface area contributed by atoms with Crippen LogP contribution in [0.25, 0.3) is 0 Å². The number of carbonyl (C=O) groups is 1. The second-order valence-corrected chi connectivity index (χ2v) is 6.40. The first-order valence-corrected chi connectivity index (χ1v) is 8.59. The summed E-state index contributed by atoms with van der Waals surface area (Å²) in [7, 11) is 0. The first-order chi connectivity index (χ1) is 11.2. The van der Waals surface area contributed by atoms with E-state index in [1.54, 1.807) is 12.1 Å². The van der Waals surface area contributed by atoms with E-state index in [0.717, 1.165) is 50.9 Å². The molecular weight excluding hydrogens is 295 g/mol. The maximum atomic E-state index is 13.6. The molecule has 0 saturated carbocycles. The van der Waals surface area contributed by atoms with Gasteiger partial charge in [0.2, 0.25) is 5.91 Å². The van der Waals surface area contributed by atoms with Crippen LogP contribution >= 0.6 is 0 Å². The van der Waals surface area contributed by atoms with E-state index in [1.165, 1.54) is 6.07 Å². The van der Waals surface area contributed by atoms with Crippen molar-refractivity contribution in [3.05, 3.63) is 35.6 Å². The first-order valence-electron chi connectivity index (χ1n) is 8.59. The summed E-state index contributed by atoms with van der Waals surface area (Å²) in [5, 5.41) is 0. The third-order valence-electron chi connectivity index (χ3n) is 4.77. The number of hydrogen-bond donors (Lipinski definition) is 0. The quantitative estimate of drug-likeness (QED) is 0.858. The largest absolute Gasteiger partial charge is 0.379 e. The molecule has 2 aliphatic rings. The van der Waals surface area contributed by atoms with Gasteiger partial charge in [-0.3, -0.25) is 9.69 Å². The van der Waals surface area contributed by atoms with Crippen LogP contribution in [0.3, 0.4) is 0 Å². The number of rotatable bonds is 3. The topological polar surface area (TPSA) is 32.8 Å². The molecule has 1 aromatic carbocycles. The SMILES string of the molecule is O=C(CN1CCOCC1)N1CCCCC[C@H]1c1cccc(F)c1.